The van der Waals surface area contributed by atoms with E-state index in [4.69, 9.17) is 0 Å². The number of hydrogen-bond acceptors (Lipinski definition) is 1. The van der Waals surface area contributed by atoms with E-state index in [1.54, 1.807) is 0 Å². The predicted octanol–water partition coefficient (Wildman–Crippen LogP) is 8.38. The van der Waals surface area contributed by atoms with Gasteiger partial charge in [-0.2, -0.15) is 0 Å². The quantitative estimate of drug-likeness (QED) is 0.219. The monoisotopic (exact) mass is 368 g/mol. The van der Waals surface area contributed by atoms with E-state index in [9.17, 15) is 9.90 Å². The van der Waals surface area contributed by atoms with Gasteiger partial charge in [0.05, 0.1) is 5.92 Å². The summed E-state index contributed by atoms with van der Waals surface area (Å²) in [5, 5.41) is 9.56. The van der Waals surface area contributed by atoms with Crippen molar-refractivity contribution in [2.24, 2.45) is 11.8 Å². The average Bonchev–Trinajstić information content (AvgIpc) is 2.62. The molecule has 0 amide bonds. The van der Waals surface area contributed by atoms with E-state index in [0.29, 0.717) is 5.92 Å². The molecule has 2 nitrogen and oxygen atoms in total. The van der Waals surface area contributed by atoms with Crippen LogP contribution in [-0.2, 0) is 4.79 Å². The Morgan fingerprint density at radius 2 is 0.962 bits per heavy atom. The molecule has 0 aliphatic carbocycles. The van der Waals surface area contributed by atoms with Gasteiger partial charge in [-0.1, -0.05) is 124 Å². The molecule has 26 heavy (non-hydrogen) atoms. The summed E-state index contributed by atoms with van der Waals surface area (Å²) in [5.41, 5.74) is 0. The summed E-state index contributed by atoms with van der Waals surface area (Å²) in [6.45, 7) is 6.66. The van der Waals surface area contributed by atoms with Gasteiger partial charge in [-0.05, 0) is 18.8 Å². The Morgan fingerprint density at radius 1 is 0.615 bits per heavy atom. The molecule has 0 radical (unpaired) electrons. The minimum Gasteiger partial charge on any atom is -0.481 e. The SMILES string of the molecule is CCCCCCCCCCCCC(C(=O)O)C(C)CCCCCCCC. The first-order valence-corrected chi connectivity index (χ1v) is 11.9. The maximum atomic E-state index is 11.6. The molecule has 0 aromatic carbocycles. The van der Waals surface area contributed by atoms with Crippen molar-refractivity contribution in [3.05, 3.63) is 0 Å². The van der Waals surface area contributed by atoms with Crippen molar-refractivity contribution >= 4 is 5.97 Å². The van der Waals surface area contributed by atoms with Crippen LogP contribution in [0.1, 0.15) is 136 Å². The highest BCUT2D eigenvalue weighted by molar-refractivity contribution is 5.70. The Morgan fingerprint density at radius 3 is 1.35 bits per heavy atom. The lowest BCUT2D eigenvalue weighted by molar-refractivity contribution is -0.143. The van der Waals surface area contributed by atoms with E-state index < -0.39 is 5.97 Å². The van der Waals surface area contributed by atoms with Gasteiger partial charge in [-0.25, -0.2) is 0 Å². The highest BCUT2D eigenvalue weighted by Crippen LogP contribution is 2.25. The maximum Gasteiger partial charge on any atom is 0.306 e. The maximum absolute atomic E-state index is 11.6. The normalized spacial score (nSPS) is 13.7. The molecule has 0 aliphatic rings. The molecule has 0 spiro atoms. The summed E-state index contributed by atoms with van der Waals surface area (Å²) in [6.07, 6.45) is 22.9. The van der Waals surface area contributed by atoms with Crippen LogP contribution in [0.5, 0.6) is 0 Å². The van der Waals surface area contributed by atoms with Gasteiger partial charge in [0.25, 0.3) is 0 Å². The first kappa shape index (κ1) is 25.5. The van der Waals surface area contributed by atoms with E-state index in [1.165, 1.54) is 96.3 Å². The molecular weight excluding hydrogens is 320 g/mol. The predicted molar refractivity (Wildman–Crippen MR) is 115 cm³/mol. The van der Waals surface area contributed by atoms with Crippen molar-refractivity contribution < 1.29 is 9.90 Å². The molecule has 2 unspecified atom stereocenters. The molecule has 0 aromatic rings. The Labute approximate surface area is 164 Å². The van der Waals surface area contributed by atoms with Crippen LogP contribution in [0.3, 0.4) is 0 Å². The first-order valence-electron chi connectivity index (χ1n) is 11.9. The van der Waals surface area contributed by atoms with Gasteiger partial charge in [0.2, 0.25) is 0 Å². The van der Waals surface area contributed by atoms with Gasteiger partial charge in [-0.15, -0.1) is 0 Å². The summed E-state index contributed by atoms with van der Waals surface area (Å²) in [7, 11) is 0. The van der Waals surface area contributed by atoms with Crippen molar-refractivity contribution in [2.75, 3.05) is 0 Å². The van der Waals surface area contributed by atoms with E-state index in [-0.39, 0.29) is 5.92 Å². The van der Waals surface area contributed by atoms with Gasteiger partial charge in [-0.3, -0.25) is 4.79 Å². The molecule has 1 N–H and O–H groups in total. The Hall–Kier alpha value is -0.530. The molecule has 2 atom stereocenters. The third-order valence-corrected chi connectivity index (χ3v) is 5.89. The van der Waals surface area contributed by atoms with E-state index in [2.05, 4.69) is 20.8 Å². The summed E-state index contributed by atoms with van der Waals surface area (Å²) < 4.78 is 0. The van der Waals surface area contributed by atoms with Crippen LogP contribution in [0, 0.1) is 11.8 Å². The van der Waals surface area contributed by atoms with Gasteiger partial charge in [0, 0.05) is 0 Å². The van der Waals surface area contributed by atoms with E-state index in [1.807, 2.05) is 0 Å². The van der Waals surface area contributed by atoms with E-state index >= 15 is 0 Å². The Kier molecular flexibility index (Phi) is 18.8. The van der Waals surface area contributed by atoms with Crippen LogP contribution >= 0.6 is 0 Å². The lowest BCUT2D eigenvalue weighted by Gasteiger charge is -2.20. The minimum atomic E-state index is -0.570. The van der Waals surface area contributed by atoms with Crippen molar-refractivity contribution in [1.82, 2.24) is 0 Å². The highest BCUT2D eigenvalue weighted by Gasteiger charge is 2.23. The molecule has 0 fully saturated rings. The van der Waals surface area contributed by atoms with Crippen LogP contribution in [0.25, 0.3) is 0 Å². The molecule has 0 aromatic heterocycles. The summed E-state index contributed by atoms with van der Waals surface area (Å²) in [5.74, 6) is -0.365. The fraction of sp³-hybridized carbons (Fsp3) is 0.958. The van der Waals surface area contributed by atoms with Crippen LogP contribution in [0.4, 0.5) is 0 Å². The topological polar surface area (TPSA) is 37.3 Å². The smallest absolute Gasteiger partial charge is 0.306 e. The van der Waals surface area contributed by atoms with Gasteiger partial charge in [0.15, 0.2) is 0 Å². The fourth-order valence-corrected chi connectivity index (χ4v) is 3.95. The van der Waals surface area contributed by atoms with Crippen molar-refractivity contribution in [3.8, 4) is 0 Å². The number of carboxylic acid groups (broad SMARTS) is 1. The summed E-state index contributed by atoms with van der Waals surface area (Å²) >= 11 is 0. The van der Waals surface area contributed by atoms with Crippen LogP contribution < -0.4 is 0 Å². The fourth-order valence-electron chi connectivity index (χ4n) is 3.95. The van der Waals surface area contributed by atoms with E-state index in [0.717, 1.165) is 19.3 Å². The summed E-state index contributed by atoms with van der Waals surface area (Å²) in [4.78, 5) is 11.6. The highest BCUT2D eigenvalue weighted by atomic mass is 16.4. The molecule has 2 heteroatoms. The third kappa shape index (κ3) is 15.7. The van der Waals surface area contributed by atoms with Gasteiger partial charge in [0.1, 0.15) is 0 Å². The second-order valence-corrected chi connectivity index (χ2v) is 8.45. The Balaban J connectivity index is 3.67. The largest absolute Gasteiger partial charge is 0.481 e. The number of carbonyl (C=O) groups is 1. The van der Waals surface area contributed by atoms with Crippen molar-refractivity contribution in [1.29, 1.82) is 0 Å². The number of hydrogen-bond donors (Lipinski definition) is 1. The molecule has 0 saturated heterocycles. The minimum absolute atomic E-state index is 0.125. The zero-order valence-corrected chi connectivity index (χ0v) is 18.2. The van der Waals surface area contributed by atoms with Crippen LogP contribution in [0.2, 0.25) is 0 Å². The Bertz CT molecular complexity index is 301. The molecule has 0 aliphatic heterocycles. The number of aliphatic carboxylic acids is 1. The van der Waals surface area contributed by atoms with Crippen LogP contribution in [0.15, 0.2) is 0 Å². The van der Waals surface area contributed by atoms with Crippen molar-refractivity contribution in [3.63, 3.8) is 0 Å². The number of rotatable bonds is 20. The third-order valence-electron chi connectivity index (χ3n) is 5.89. The van der Waals surface area contributed by atoms with Gasteiger partial charge >= 0.3 is 5.97 Å². The number of carboxylic acids is 1. The summed E-state index contributed by atoms with van der Waals surface area (Å²) in [6, 6.07) is 0. The first-order chi connectivity index (χ1) is 12.6. The van der Waals surface area contributed by atoms with Gasteiger partial charge < -0.3 is 5.11 Å². The zero-order chi connectivity index (χ0) is 19.5. The average molecular weight is 369 g/mol. The van der Waals surface area contributed by atoms with Crippen molar-refractivity contribution in [2.45, 2.75) is 136 Å². The molecule has 0 heterocycles. The lowest BCUT2D eigenvalue weighted by Crippen LogP contribution is -2.21. The second kappa shape index (κ2) is 19.2. The molecule has 0 saturated carbocycles. The molecule has 0 rings (SSSR count). The lowest BCUT2D eigenvalue weighted by atomic mass is 9.85. The molecule has 156 valence electrons. The molecule has 0 bridgehead atoms. The molecular formula is C24H48O2. The second-order valence-electron chi connectivity index (χ2n) is 8.45. The van der Waals surface area contributed by atoms with Crippen LogP contribution in [-0.4, -0.2) is 11.1 Å². The standard InChI is InChI=1S/C24H48O2/c1-4-6-8-10-12-13-14-15-17-19-21-23(24(25)26)22(3)20-18-16-11-9-7-5-2/h22-23H,4-21H2,1-3H3,(H,25,26). The zero-order valence-electron chi connectivity index (χ0n) is 18.2. The number of unbranched alkanes of at least 4 members (excludes halogenated alkanes) is 14.